The van der Waals surface area contributed by atoms with Crippen molar-refractivity contribution in [1.29, 1.82) is 0 Å². The Balaban J connectivity index is 1.59. The van der Waals surface area contributed by atoms with Crippen LogP contribution in [-0.4, -0.2) is 21.4 Å². The molecule has 0 N–H and O–H groups in total. The second kappa shape index (κ2) is 7.90. The van der Waals surface area contributed by atoms with Gasteiger partial charge in [-0.2, -0.15) is 0 Å². The van der Waals surface area contributed by atoms with Gasteiger partial charge in [0.05, 0.1) is 0 Å². The first-order chi connectivity index (χ1) is 15.3. The SMILES string of the molecule is c1ccc2c[c]([In]([c]3ccc4ccccc4c3)[c]3ccc4ccccc4c3)ccc2c1. The van der Waals surface area contributed by atoms with Crippen LogP contribution in [0.1, 0.15) is 0 Å². The fraction of sp³-hybridized carbons (Fsp3) is 0. The molecule has 0 aromatic heterocycles. The summed E-state index contributed by atoms with van der Waals surface area (Å²) < 4.78 is 4.60. The van der Waals surface area contributed by atoms with Gasteiger partial charge < -0.3 is 0 Å². The van der Waals surface area contributed by atoms with Gasteiger partial charge in [0.25, 0.3) is 0 Å². The third-order valence-electron chi connectivity index (χ3n) is 6.32. The van der Waals surface area contributed by atoms with Crippen LogP contribution in [0.5, 0.6) is 0 Å². The van der Waals surface area contributed by atoms with Crippen LogP contribution in [0.2, 0.25) is 0 Å². The molecule has 6 aromatic carbocycles. The Kier molecular flexibility index (Phi) is 4.77. The molecule has 0 nitrogen and oxygen atoms in total. The van der Waals surface area contributed by atoms with Crippen molar-refractivity contribution < 1.29 is 0 Å². The molecular weight excluding hydrogens is 475 g/mol. The molecule has 0 spiro atoms. The van der Waals surface area contributed by atoms with Crippen molar-refractivity contribution in [1.82, 2.24) is 0 Å². The fourth-order valence-corrected chi connectivity index (χ4v) is 13.5. The molecule has 6 rings (SSSR count). The number of fused-ring (bicyclic) bond motifs is 3. The molecule has 0 heterocycles. The monoisotopic (exact) mass is 496 g/mol. The summed E-state index contributed by atoms with van der Waals surface area (Å²) in [7, 11) is 0. The molecule has 0 unspecified atom stereocenters. The molecule has 0 radical (unpaired) electrons. The van der Waals surface area contributed by atoms with Gasteiger partial charge >= 0.3 is 191 Å². The molecule has 144 valence electrons. The first kappa shape index (κ1) is 18.7. The van der Waals surface area contributed by atoms with Crippen molar-refractivity contribution in [3.05, 3.63) is 127 Å². The van der Waals surface area contributed by atoms with Crippen molar-refractivity contribution in [2.75, 3.05) is 0 Å². The van der Waals surface area contributed by atoms with Gasteiger partial charge in [0, 0.05) is 0 Å². The summed E-state index contributed by atoms with van der Waals surface area (Å²) in [5.74, 6) is 0. The Morgan fingerprint density at radius 1 is 0.290 bits per heavy atom. The van der Waals surface area contributed by atoms with Crippen LogP contribution in [-0.2, 0) is 0 Å². The van der Waals surface area contributed by atoms with E-state index in [0.717, 1.165) is 0 Å². The summed E-state index contributed by atoms with van der Waals surface area (Å²) in [6.45, 7) is 0. The number of rotatable bonds is 3. The van der Waals surface area contributed by atoms with Crippen LogP contribution in [0.3, 0.4) is 0 Å². The summed E-state index contributed by atoms with van der Waals surface area (Å²) in [5, 5.41) is 7.95. The summed E-state index contributed by atoms with van der Waals surface area (Å²) >= 11 is -2.56. The van der Waals surface area contributed by atoms with Crippen molar-refractivity contribution in [3.8, 4) is 0 Å². The molecule has 6 aromatic rings. The average Bonchev–Trinajstić information content (AvgIpc) is 2.84. The Morgan fingerprint density at radius 2 is 0.581 bits per heavy atom. The molecule has 1 heteroatoms. The van der Waals surface area contributed by atoms with Crippen LogP contribution in [0.4, 0.5) is 0 Å². The van der Waals surface area contributed by atoms with E-state index in [-0.39, 0.29) is 0 Å². The number of hydrogen-bond donors (Lipinski definition) is 0. The van der Waals surface area contributed by atoms with E-state index < -0.39 is 21.4 Å². The van der Waals surface area contributed by atoms with Crippen molar-refractivity contribution >= 4 is 63.7 Å². The summed E-state index contributed by atoms with van der Waals surface area (Å²) in [4.78, 5) is 0. The van der Waals surface area contributed by atoms with E-state index in [1.165, 1.54) is 42.3 Å². The predicted molar refractivity (Wildman–Crippen MR) is 136 cm³/mol. The van der Waals surface area contributed by atoms with Crippen LogP contribution >= 0.6 is 0 Å². The molecule has 0 aliphatic rings. The van der Waals surface area contributed by atoms with Crippen molar-refractivity contribution in [2.45, 2.75) is 0 Å². The fourth-order valence-electron chi connectivity index (χ4n) is 4.74. The van der Waals surface area contributed by atoms with Gasteiger partial charge in [-0.25, -0.2) is 0 Å². The Bertz CT molecular complexity index is 1360. The molecule has 0 aliphatic carbocycles. The summed E-state index contributed by atoms with van der Waals surface area (Å²) in [6.07, 6.45) is 0. The number of hydrogen-bond acceptors (Lipinski definition) is 0. The van der Waals surface area contributed by atoms with E-state index in [9.17, 15) is 0 Å². The van der Waals surface area contributed by atoms with Gasteiger partial charge in [-0.15, -0.1) is 0 Å². The zero-order valence-corrected chi connectivity index (χ0v) is 20.5. The average molecular weight is 496 g/mol. The van der Waals surface area contributed by atoms with Gasteiger partial charge in [-0.1, -0.05) is 0 Å². The molecule has 0 saturated heterocycles. The number of benzene rings is 6. The predicted octanol–water partition coefficient (Wildman–Crippen LogP) is 5.66. The molecule has 0 amide bonds. The summed E-state index contributed by atoms with van der Waals surface area (Å²) in [5.41, 5.74) is 0. The Morgan fingerprint density at radius 3 is 0.903 bits per heavy atom. The molecule has 0 bridgehead atoms. The summed E-state index contributed by atoms with van der Waals surface area (Å²) in [6, 6.07) is 47.5. The maximum absolute atomic E-state index is 2.56. The quantitative estimate of drug-likeness (QED) is 0.297. The third kappa shape index (κ3) is 3.54. The molecule has 0 atom stereocenters. The first-order valence-corrected chi connectivity index (χ1v) is 15.8. The van der Waals surface area contributed by atoms with Crippen LogP contribution < -0.4 is 9.96 Å². The van der Waals surface area contributed by atoms with Gasteiger partial charge in [-0.3, -0.25) is 0 Å². The zero-order chi connectivity index (χ0) is 20.6. The van der Waals surface area contributed by atoms with E-state index in [0.29, 0.717) is 0 Å². The minimum absolute atomic E-state index is 1.31. The Hall–Kier alpha value is -3.03. The van der Waals surface area contributed by atoms with Gasteiger partial charge in [0.15, 0.2) is 0 Å². The van der Waals surface area contributed by atoms with Crippen LogP contribution in [0.15, 0.2) is 127 Å². The van der Waals surface area contributed by atoms with Crippen molar-refractivity contribution in [3.63, 3.8) is 0 Å². The molecular formula is C30H21In. The van der Waals surface area contributed by atoms with E-state index in [4.69, 9.17) is 0 Å². The second-order valence-corrected chi connectivity index (χ2v) is 16.4. The zero-order valence-electron chi connectivity index (χ0n) is 17.2. The van der Waals surface area contributed by atoms with E-state index >= 15 is 0 Å². The van der Waals surface area contributed by atoms with E-state index in [1.54, 1.807) is 0 Å². The van der Waals surface area contributed by atoms with Crippen LogP contribution in [0.25, 0.3) is 32.3 Å². The van der Waals surface area contributed by atoms with Gasteiger partial charge in [0.2, 0.25) is 0 Å². The minimum atomic E-state index is -2.56. The molecule has 0 saturated carbocycles. The Labute approximate surface area is 190 Å². The molecule has 0 fully saturated rings. The van der Waals surface area contributed by atoms with E-state index in [2.05, 4.69) is 127 Å². The second-order valence-electron chi connectivity index (χ2n) is 8.25. The first-order valence-electron chi connectivity index (χ1n) is 10.8. The van der Waals surface area contributed by atoms with Crippen LogP contribution in [0, 0.1) is 0 Å². The van der Waals surface area contributed by atoms with Gasteiger partial charge in [0.1, 0.15) is 0 Å². The van der Waals surface area contributed by atoms with E-state index in [1.807, 2.05) is 0 Å². The van der Waals surface area contributed by atoms with Gasteiger partial charge in [-0.05, 0) is 0 Å². The maximum atomic E-state index is 2.44. The topological polar surface area (TPSA) is 0 Å². The third-order valence-corrected chi connectivity index (χ3v) is 15.1. The molecule has 31 heavy (non-hydrogen) atoms. The molecule has 0 aliphatic heterocycles. The standard InChI is InChI=1S/3C10H7.In/c3*1-2-6-10-8-4-3-7-9(10)5-1;/h3*1-3,5-8H;. The normalized spacial score (nSPS) is 11.2. The van der Waals surface area contributed by atoms with Crippen molar-refractivity contribution in [2.24, 2.45) is 0 Å².